The normalized spacial score (nSPS) is 23.2. The lowest BCUT2D eigenvalue weighted by Crippen LogP contribution is -2.37. The lowest BCUT2D eigenvalue weighted by molar-refractivity contribution is -0.126. The number of benzene rings is 3. The van der Waals surface area contributed by atoms with Crippen molar-refractivity contribution < 1.29 is 14.4 Å². The summed E-state index contributed by atoms with van der Waals surface area (Å²) in [5.74, 6) is -1.32. The summed E-state index contributed by atoms with van der Waals surface area (Å²) in [7, 11) is 0. The first-order valence-corrected chi connectivity index (χ1v) is 10.6. The molecule has 2 aliphatic rings. The number of hydroxylamine groups is 1. The molecular formula is C23H16BrClN2O3. The van der Waals surface area contributed by atoms with Crippen molar-refractivity contribution in [1.82, 2.24) is 0 Å². The summed E-state index contributed by atoms with van der Waals surface area (Å²) in [5.41, 5.74) is 2.15. The Hall–Kier alpha value is -2.67. The summed E-state index contributed by atoms with van der Waals surface area (Å²) in [4.78, 5) is 34.1. The summed E-state index contributed by atoms with van der Waals surface area (Å²) in [6, 6.07) is 23.5. The lowest BCUT2D eigenvalue weighted by Gasteiger charge is -2.29. The molecule has 2 fully saturated rings. The molecule has 7 heteroatoms. The minimum absolute atomic E-state index is 0.282. The molecule has 3 aromatic carbocycles. The number of carbonyl (C=O) groups is 2. The highest BCUT2D eigenvalue weighted by Gasteiger charge is 2.60. The smallest absolute Gasteiger partial charge is 0.266 e. The van der Waals surface area contributed by atoms with Crippen molar-refractivity contribution in [2.45, 2.75) is 12.1 Å². The van der Waals surface area contributed by atoms with Gasteiger partial charge in [-0.3, -0.25) is 14.4 Å². The molecule has 30 heavy (non-hydrogen) atoms. The van der Waals surface area contributed by atoms with Gasteiger partial charge in [0.15, 0.2) is 6.10 Å². The van der Waals surface area contributed by atoms with E-state index in [1.54, 1.807) is 35.4 Å². The predicted octanol–water partition coefficient (Wildman–Crippen LogP) is 5.15. The third kappa shape index (κ3) is 3.03. The van der Waals surface area contributed by atoms with Crippen molar-refractivity contribution in [3.63, 3.8) is 0 Å². The van der Waals surface area contributed by atoms with Gasteiger partial charge in [-0.15, -0.1) is 0 Å². The van der Waals surface area contributed by atoms with E-state index in [4.69, 9.17) is 16.4 Å². The zero-order chi connectivity index (χ0) is 20.8. The molecule has 0 bridgehead atoms. The molecule has 2 amide bonds. The van der Waals surface area contributed by atoms with Gasteiger partial charge in [0.1, 0.15) is 5.92 Å². The minimum atomic E-state index is -0.898. The Kier molecular flexibility index (Phi) is 4.85. The van der Waals surface area contributed by atoms with E-state index in [0.29, 0.717) is 15.2 Å². The maximum Gasteiger partial charge on any atom is 0.266 e. The zero-order valence-corrected chi connectivity index (χ0v) is 18.0. The van der Waals surface area contributed by atoms with Crippen molar-refractivity contribution in [2.75, 3.05) is 9.96 Å². The topological polar surface area (TPSA) is 49.9 Å². The Balaban J connectivity index is 1.60. The van der Waals surface area contributed by atoms with Gasteiger partial charge in [0, 0.05) is 9.50 Å². The number of nitrogens with zero attached hydrogens (tertiary/aromatic N) is 2. The standard InChI is InChI=1S/C23H16BrClN2O3/c24-17-8-4-5-9-18(17)26-22(28)19-20(14-10-12-15(25)13-11-14)27(30-21(19)23(26)29)16-6-2-1-3-7-16/h1-13,19-21H/t19-,20-,21-/m1/s1. The van der Waals surface area contributed by atoms with Crippen LogP contribution in [0.25, 0.3) is 0 Å². The van der Waals surface area contributed by atoms with Crippen molar-refractivity contribution in [2.24, 2.45) is 5.92 Å². The molecular weight excluding hydrogens is 468 g/mol. The monoisotopic (exact) mass is 482 g/mol. The van der Waals surface area contributed by atoms with E-state index >= 15 is 0 Å². The molecule has 2 heterocycles. The second kappa shape index (κ2) is 7.54. The quantitative estimate of drug-likeness (QED) is 0.483. The van der Waals surface area contributed by atoms with Gasteiger partial charge >= 0.3 is 0 Å². The number of amides is 2. The molecule has 0 aliphatic carbocycles. The molecule has 3 aromatic rings. The van der Waals surface area contributed by atoms with Gasteiger partial charge in [-0.25, -0.2) is 9.96 Å². The first-order valence-electron chi connectivity index (χ1n) is 9.45. The number of fused-ring (bicyclic) bond motifs is 1. The van der Waals surface area contributed by atoms with Gasteiger partial charge in [0.2, 0.25) is 5.91 Å². The summed E-state index contributed by atoms with van der Waals surface area (Å²) in [6.45, 7) is 0. The lowest BCUT2D eigenvalue weighted by atomic mass is 9.90. The highest BCUT2D eigenvalue weighted by molar-refractivity contribution is 9.10. The second-order valence-electron chi connectivity index (χ2n) is 7.17. The maximum absolute atomic E-state index is 13.5. The molecule has 0 spiro atoms. The number of carbonyl (C=O) groups excluding carboxylic acids is 2. The molecule has 3 atom stereocenters. The van der Waals surface area contributed by atoms with Crippen LogP contribution < -0.4 is 9.96 Å². The zero-order valence-electron chi connectivity index (χ0n) is 15.6. The fourth-order valence-electron chi connectivity index (χ4n) is 4.08. The fourth-order valence-corrected chi connectivity index (χ4v) is 4.67. The Morgan fingerprint density at radius 1 is 0.833 bits per heavy atom. The molecule has 5 rings (SSSR count). The van der Waals surface area contributed by atoms with Gasteiger partial charge in [0.25, 0.3) is 5.91 Å². The van der Waals surface area contributed by atoms with Gasteiger partial charge in [-0.2, -0.15) is 0 Å². The number of halogens is 2. The van der Waals surface area contributed by atoms with Gasteiger partial charge < -0.3 is 0 Å². The molecule has 0 aromatic heterocycles. The summed E-state index contributed by atoms with van der Waals surface area (Å²) in [5, 5.41) is 2.27. The largest absolute Gasteiger partial charge is 0.273 e. The van der Waals surface area contributed by atoms with Crippen LogP contribution in [0, 0.1) is 5.92 Å². The van der Waals surface area contributed by atoms with Crippen LogP contribution in [0.1, 0.15) is 11.6 Å². The minimum Gasteiger partial charge on any atom is -0.273 e. The molecule has 0 saturated carbocycles. The Morgan fingerprint density at radius 2 is 1.50 bits per heavy atom. The molecule has 0 N–H and O–H groups in total. The number of hydrogen-bond donors (Lipinski definition) is 0. The molecule has 5 nitrogen and oxygen atoms in total. The predicted molar refractivity (Wildman–Crippen MR) is 118 cm³/mol. The highest BCUT2D eigenvalue weighted by Crippen LogP contribution is 2.48. The van der Waals surface area contributed by atoms with E-state index in [-0.39, 0.29) is 11.8 Å². The van der Waals surface area contributed by atoms with Crippen LogP contribution >= 0.6 is 27.5 Å². The number of hydrogen-bond acceptors (Lipinski definition) is 4. The van der Waals surface area contributed by atoms with E-state index in [2.05, 4.69) is 15.9 Å². The number of imide groups is 1. The first-order chi connectivity index (χ1) is 14.6. The van der Waals surface area contributed by atoms with E-state index in [1.165, 1.54) is 4.90 Å². The van der Waals surface area contributed by atoms with Crippen LogP contribution in [0.4, 0.5) is 11.4 Å². The molecule has 2 saturated heterocycles. The van der Waals surface area contributed by atoms with Crippen molar-refractivity contribution in [1.29, 1.82) is 0 Å². The third-order valence-electron chi connectivity index (χ3n) is 5.43. The number of anilines is 2. The molecule has 2 aliphatic heterocycles. The van der Waals surface area contributed by atoms with E-state index in [9.17, 15) is 9.59 Å². The molecule has 0 unspecified atom stereocenters. The summed E-state index contributed by atoms with van der Waals surface area (Å²) in [6.07, 6.45) is -0.898. The van der Waals surface area contributed by atoms with Crippen molar-refractivity contribution in [3.8, 4) is 0 Å². The number of para-hydroxylation sites is 2. The SMILES string of the molecule is O=C1[C@@H]2[C@@H](c3ccc(Cl)cc3)N(c3ccccc3)O[C@H]2C(=O)N1c1ccccc1Br. The average Bonchev–Trinajstić information content (AvgIpc) is 3.26. The third-order valence-corrected chi connectivity index (χ3v) is 6.35. The van der Waals surface area contributed by atoms with Crippen LogP contribution in [-0.4, -0.2) is 17.9 Å². The average molecular weight is 484 g/mol. The van der Waals surface area contributed by atoms with Gasteiger partial charge in [-0.1, -0.05) is 54.1 Å². The van der Waals surface area contributed by atoms with Crippen LogP contribution in [0.5, 0.6) is 0 Å². The molecule has 150 valence electrons. The van der Waals surface area contributed by atoms with E-state index in [0.717, 1.165) is 11.3 Å². The first kappa shape index (κ1) is 19.3. The van der Waals surface area contributed by atoms with Crippen LogP contribution in [0.15, 0.2) is 83.3 Å². The Bertz CT molecular complexity index is 1120. The van der Waals surface area contributed by atoms with Gasteiger partial charge in [0.05, 0.1) is 17.4 Å². The maximum atomic E-state index is 13.5. The van der Waals surface area contributed by atoms with Crippen molar-refractivity contribution >= 4 is 50.7 Å². The fraction of sp³-hybridized carbons (Fsp3) is 0.130. The summed E-state index contributed by atoms with van der Waals surface area (Å²) >= 11 is 9.52. The highest BCUT2D eigenvalue weighted by atomic mass is 79.9. The Morgan fingerprint density at radius 3 is 2.20 bits per heavy atom. The Labute approximate surface area is 186 Å². The number of rotatable bonds is 3. The van der Waals surface area contributed by atoms with Crippen LogP contribution in [-0.2, 0) is 14.4 Å². The van der Waals surface area contributed by atoms with E-state index < -0.39 is 18.1 Å². The van der Waals surface area contributed by atoms with Crippen LogP contribution in [0.2, 0.25) is 5.02 Å². The van der Waals surface area contributed by atoms with Crippen molar-refractivity contribution in [3.05, 3.63) is 93.9 Å². The van der Waals surface area contributed by atoms with Gasteiger partial charge in [-0.05, 0) is 57.9 Å². The molecule has 0 radical (unpaired) electrons. The second-order valence-corrected chi connectivity index (χ2v) is 8.46. The summed E-state index contributed by atoms with van der Waals surface area (Å²) < 4.78 is 0.676. The van der Waals surface area contributed by atoms with Crippen LogP contribution in [0.3, 0.4) is 0 Å². The van der Waals surface area contributed by atoms with E-state index in [1.807, 2.05) is 48.5 Å².